The van der Waals surface area contributed by atoms with E-state index in [2.05, 4.69) is 12.2 Å². The predicted molar refractivity (Wildman–Crippen MR) is 82.9 cm³/mol. The van der Waals surface area contributed by atoms with Gasteiger partial charge in [-0.2, -0.15) is 0 Å². The molecule has 0 unspecified atom stereocenters. The van der Waals surface area contributed by atoms with Crippen molar-refractivity contribution in [2.45, 2.75) is 19.8 Å². The number of hydrogen-bond donors (Lipinski definition) is 1. The Balaban J connectivity index is 2.90. The SMILES string of the molecule is CCCCOCCOCCOCCOCCOCCNC. The molecule has 0 amide bonds. The highest BCUT2D eigenvalue weighted by atomic mass is 16.6. The van der Waals surface area contributed by atoms with Crippen LogP contribution in [0.1, 0.15) is 19.8 Å². The van der Waals surface area contributed by atoms with E-state index in [4.69, 9.17) is 23.7 Å². The van der Waals surface area contributed by atoms with Crippen molar-refractivity contribution in [1.29, 1.82) is 0 Å². The summed E-state index contributed by atoms with van der Waals surface area (Å²) >= 11 is 0. The Morgan fingerprint density at radius 2 is 0.952 bits per heavy atom. The molecule has 0 aliphatic rings. The highest BCUT2D eigenvalue weighted by Crippen LogP contribution is 1.88. The van der Waals surface area contributed by atoms with Crippen molar-refractivity contribution in [2.75, 3.05) is 79.7 Å². The minimum Gasteiger partial charge on any atom is -0.379 e. The van der Waals surface area contributed by atoms with Crippen molar-refractivity contribution in [2.24, 2.45) is 0 Å². The molecule has 0 aromatic heterocycles. The first kappa shape index (κ1) is 20.8. The maximum absolute atomic E-state index is 5.38. The highest BCUT2D eigenvalue weighted by Gasteiger charge is 1.93. The molecular formula is C15H33NO5. The van der Waals surface area contributed by atoms with E-state index in [-0.39, 0.29) is 0 Å². The zero-order valence-corrected chi connectivity index (χ0v) is 13.7. The van der Waals surface area contributed by atoms with Crippen LogP contribution in [-0.4, -0.2) is 79.7 Å². The number of likely N-dealkylation sites (N-methyl/N-ethyl adjacent to an activating group) is 1. The number of unbranched alkanes of at least 4 members (excludes halogenated alkanes) is 1. The first-order chi connectivity index (χ1) is 10.4. The number of hydrogen-bond acceptors (Lipinski definition) is 6. The summed E-state index contributed by atoms with van der Waals surface area (Å²) < 4.78 is 26.8. The molecule has 128 valence electrons. The first-order valence-corrected chi connectivity index (χ1v) is 7.95. The maximum Gasteiger partial charge on any atom is 0.0701 e. The van der Waals surface area contributed by atoms with E-state index in [0.29, 0.717) is 52.9 Å². The smallest absolute Gasteiger partial charge is 0.0701 e. The molecule has 6 nitrogen and oxygen atoms in total. The third-order valence-corrected chi connectivity index (χ3v) is 2.63. The minimum atomic E-state index is 0.590. The summed E-state index contributed by atoms with van der Waals surface area (Å²) in [7, 11) is 1.90. The molecule has 0 fully saturated rings. The van der Waals surface area contributed by atoms with Crippen LogP contribution in [0.25, 0.3) is 0 Å². The van der Waals surface area contributed by atoms with Gasteiger partial charge in [0.2, 0.25) is 0 Å². The molecule has 0 aromatic rings. The second-order valence-electron chi connectivity index (χ2n) is 4.52. The maximum atomic E-state index is 5.38. The average molecular weight is 307 g/mol. The molecule has 0 bridgehead atoms. The van der Waals surface area contributed by atoms with Gasteiger partial charge < -0.3 is 29.0 Å². The second kappa shape index (κ2) is 19.8. The molecule has 0 saturated heterocycles. The first-order valence-electron chi connectivity index (χ1n) is 7.95. The van der Waals surface area contributed by atoms with Crippen molar-refractivity contribution in [1.82, 2.24) is 5.32 Å². The normalized spacial score (nSPS) is 11.1. The average Bonchev–Trinajstić information content (AvgIpc) is 2.50. The highest BCUT2D eigenvalue weighted by molar-refractivity contribution is 4.38. The topological polar surface area (TPSA) is 58.2 Å². The summed E-state index contributed by atoms with van der Waals surface area (Å²) in [5.74, 6) is 0. The number of nitrogens with one attached hydrogen (secondary N) is 1. The van der Waals surface area contributed by atoms with Gasteiger partial charge in [-0.25, -0.2) is 0 Å². The minimum absolute atomic E-state index is 0.590. The van der Waals surface area contributed by atoms with Gasteiger partial charge in [0.1, 0.15) is 0 Å². The van der Waals surface area contributed by atoms with Gasteiger partial charge in [0.15, 0.2) is 0 Å². The summed E-state index contributed by atoms with van der Waals surface area (Å²) in [5, 5.41) is 3.01. The van der Waals surface area contributed by atoms with Gasteiger partial charge in [0, 0.05) is 13.2 Å². The third kappa shape index (κ3) is 19.8. The van der Waals surface area contributed by atoms with Crippen LogP contribution in [0.3, 0.4) is 0 Å². The zero-order valence-electron chi connectivity index (χ0n) is 13.7. The lowest BCUT2D eigenvalue weighted by molar-refractivity contribution is -0.0108. The van der Waals surface area contributed by atoms with Crippen LogP contribution in [0.4, 0.5) is 0 Å². The number of ether oxygens (including phenoxy) is 5. The van der Waals surface area contributed by atoms with E-state index >= 15 is 0 Å². The Morgan fingerprint density at radius 3 is 1.33 bits per heavy atom. The second-order valence-corrected chi connectivity index (χ2v) is 4.52. The van der Waals surface area contributed by atoms with Gasteiger partial charge in [0.05, 0.1) is 59.5 Å². The van der Waals surface area contributed by atoms with Crippen molar-refractivity contribution in [3.05, 3.63) is 0 Å². The lowest BCUT2D eigenvalue weighted by Crippen LogP contribution is -2.17. The third-order valence-electron chi connectivity index (χ3n) is 2.63. The van der Waals surface area contributed by atoms with Gasteiger partial charge in [-0.3, -0.25) is 0 Å². The monoisotopic (exact) mass is 307 g/mol. The quantitative estimate of drug-likeness (QED) is 0.383. The lowest BCUT2D eigenvalue weighted by atomic mass is 10.4. The van der Waals surface area contributed by atoms with E-state index in [1.807, 2.05) is 7.05 Å². The van der Waals surface area contributed by atoms with Crippen molar-refractivity contribution in [3.8, 4) is 0 Å². The zero-order chi connectivity index (χ0) is 15.4. The summed E-state index contributed by atoms with van der Waals surface area (Å²) in [6.45, 7) is 9.47. The molecule has 0 rings (SSSR count). The van der Waals surface area contributed by atoms with Gasteiger partial charge in [-0.15, -0.1) is 0 Å². The van der Waals surface area contributed by atoms with Crippen molar-refractivity contribution in [3.63, 3.8) is 0 Å². The summed E-state index contributed by atoms with van der Waals surface area (Å²) in [4.78, 5) is 0. The fourth-order valence-electron chi connectivity index (χ4n) is 1.40. The lowest BCUT2D eigenvalue weighted by Gasteiger charge is -2.07. The van der Waals surface area contributed by atoms with E-state index < -0.39 is 0 Å². The molecule has 0 spiro atoms. The molecule has 0 aliphatic carbocycles. The molecular weight excluding hydrogens is 274 g/mol. The van der Waals surface area contributed by atoms with Crippen LogP contribution in [0.2, 0.25) is 0 Å². The van der Waals surface area contributed by atoms with Crippen LogP contribution >= 0.6 is 0 Å². The van der Waals surface area contributed by atoms with Crippen LogP contribution in [0.15, 0.2) is 0 Å². The largest absolute Gasteiger partial charge is 0.379 e. The fourth-order valence-corrected chi connectivity index (χ4v) is 1.40. The van der Waals surface area contributed by atoms with E-state index in [1.165, 1.54) is 6.42 Å². The number of rotatable bonds is 18. The molecule has 0 aliphatic heterocycles. The van der Waals surface area contributed by atoms with E-state index in [0.717, 1.165) is 26.2 Å². The van der Waals surface area contributed by atoms with Gasteiger partial charge in [-0.05, 0) is 13.5 Å². The summed E-state index contributed by atoms with van der Waals surface area (Å²) in [5.41, 5.74) is 0. The molecule has 0 aromatic carbocycles. The Kier molecular flexibility index (Phi) is 19.5. The molecule has 6 heteroatoms. The van der Waals surface area contributed by atoms with Gasteiger partial charge in [0.25, 0.3) is 0 Å². The van der Waals surface area contributed by atoms with E-state index in [9.17, 15) is 0 Å². The molecule has 0 saturated carbocycles. The predicted octanol–water partition coefficient (Wildman–Crippen LogP) is 1.09. The van der Waals surface area contributed by atoms with Crippen LogP contribution in [0.5, 0.6) is 0 Å². The Labute approximate surface area is 129 Å². The van der Waals surface area contributed by atoms with Crippen molar-refractivity contribution < 1.29 is 23.7 Å². The molecule has 1 N–H and O–H groups in total. The molecule has 21 heavy (non-hydrogen) atoms. The summed E-state index contributed by atoms with van der Waals surface area (Å²) in [6, 6.07) is 0. The molecule has 0 atom stereocenters. The van der Waals surface area contributed by atoms with E-state index in [1.54, 1.807) is 0 Å². The Hall–Kier alpha value is -0.240. The van der Waals surface area contributed by atoms with Crippen LogP contribution in [0, 0.1) is 0 Å². The van der Waals surface area contributed by atoms with Gasteiger partial charge in [-0.1, -0.05) is 13.3 Å². The Morgan fingerprint density at radius 1 is 0.571 bits per heavy atom. The van der Waals surface area contributed by atoms with Gasteiger partial charge >= 0.3 is 0 Å². The van der Waals surface area contributed by atoms with Crippen molar-refractivity contribution >= 4 is 0 Å². The standard InChI is InChI=1S/C15H33NO5/c1-3-4-6-17-8-10-19-12-14-21-15-13-20-11-9-18-7-5-16-2/h16H,3-15H2,1-2H3. The fraction of sp³-hybridized carbons (Fsp3) is 1.00. The Bertz CT molecular complexity index is 165. The van der Waals surface area contributed by atoms with Crippen LogP contribution in [-0.2, 0) is 23.7 Å². The van der Waals surface area contributed by atoms with Crippen LogP contribution < -0.4 is 5.32 Å². The molecule has 0 heterocycles. The molecule has 0 radical (unpaired) electrons. The summed E-state index contributed by atoms with van der Waals surface area (Å²) in [6.07, 6.45) is 2.28.